The molecule has 0 aromatic heterocycles. The van der Waals surface area contributed by atoms with Gasteiger partial charge < -0.3 is 25.7 Å². The molecule has 0 aliphatic carbocycles. The minimum Gasteiger partial charge on any atom is -0.409 e. The molecule has 0 radical (unpaired) electrons. The predicted octanol–water partition coefficient (Wildman–Crippen LogP) is -0.319. The van der Waals surface area contributed by atoms with Gasteiger partial charge in [0, 0.05) is 26.9 Å². The van der Waals surface area contributed by atoms with Gasteiger partial charge in [-0.25, -0.2) is 0 Å². The van der Waals surface area contributed by atoms with Crippen LogP contribution in [0.3, 0.4) is 0 Å². The van der Waals surface area contributed by atoms with Crippen LogP contribution >= 0.6 is 0 Å². The van der Waals surface area contributed by atoms with Gasteiger partial charge in [-0.15, -0.1) is 0 Å². The molecule has 104 valence electrons. The number of oxime groups is 1. The van der Waals surface area contributed by atoms with E-state index in [4.69, 9.17) is 20.4 Å². The molecule has 0 aromatic rings. The Bertz CT molecular complexity index is 313. The Hall–Kier alpha value is -1.34. The fourth-order valence-corrected chi connectivity index (χ4v) is 1.90. The third-order valence-corrected chi connectivity index (χ3v) is 3.33. The second-order valence-corrected chi connectivity index (χ2v) is 4.44. The van der Waals surface area contributed by atoms with Gasteiger partial charge in [0.2, 0.25) is 5.91 Å². The van der Waals surface area contributed by atoms with Crippen molar-refractivity contribution in [3.63, 3.8) is 0 Å². The highest BCUT2D eigenvalue weighted by atomic mass is 16.5. The molecule has 1 saturated heterocycles. The molecule has 0 spiro atoms. The molecule has 7 heteroatoms. The van der Waals surface area contributed by atoms with Crippen LogP contribution in [-0.2, 0) is 14.3 Å². The number of amidine groups is 1. The highest BCUT2D eigenvalue weighted by molar-refractivity contribution is 6.06. The third-order valence-electron chi connectivity index (χ3n) is 3.33. The van der Waals surface area contributed by atoms with Gasteiger partial charge in [0.25, 0.3) is 0 Å². The number of hydrogen-bond donors (Lipinski definition) is 3. The molecule has 0 saturated carbocycles. The predicted molar refractivity (Wildman–Crippen MR) is 65.4 cm³/mol. The van der Waals surface area contributed by atoms with E-state index in [1.54, 1.807) is 7.11 Å². The van der Waals surface area contributed by atoms with Crippen molar-refractivity contribution in [2.75, 3.05) is 26.9 Å². The van der Waals surface area contributed by atoms with Crippen LogP contribution in [-0.4, -0.2) is 49.9 Å². The highest BCUT2D eigenvalue weighted by Gasteiger charge is 2.44. The Balaban J connectivity index is 2.74. The maximum atomic E-state index is 12.2. The molecule has 1 amide bonds. The maximum absolute atomic E-state index is 12.2. The van der Waals surface area contributed by atoms with Crippen molar-refractivity contribution in [1.29, 1.82) is 0 Å². The van der Waals surface area contributed by atoms with Crippen LogP contribution in [0.5, 0.6) is 0 Å². The molecule has 1 heterocycles. The number of carbonyl (C=O) groups is 1. The summed E-state index contributed by atoms with van der Waals surface area (Å²) in [6.45, 7) is 3.07. The highest BCUT2D eigenvalue weighted by Crippen LogP contribution is 2.31. The van der Waals surface area contributed by atoms with E-state index in [1.165, 1.54) is 0 Å². The van der Waals surface area contributed by atoms with Gasteiger partial charge in [0.05, 0.1) is 6.10 Å². The zero-order valence-corrected chi connectivity index (χ0v) is 10.8. The Kier molecular flexibility index (Phi) is 5.36. The molecule has 4 N–H and O–H groups in total. The molecule has 1 unspecified atom stereocenters. The van der Waals surface area contributed by atoms with Gasteiger partial charge in [-0.1, -0.05) is 5.16 Å². The zero-order chi connectivity index (χ0) is 13.6. The van der Waals surface area contributed by atoms with Crippen molar-refractivity contribution >= 4 is 11.7 Å². The molecule has 1 fully saturated rings. The van der Waals surface area contributed by atoms with E-state index in [-0.39, 0.29) is 17.8 Å². The summed E-state index contributed by atoms with van der Waals surface area (Å²) in [7, 11) is 1.57. The number of amides is 1. The van der Waals surface area contributed by atoms with Gasteiger partial charge in [-0.05, 0) is 19.8 Å². The lowest BCUT2D eigenvalue weighted by Gasteiger charge is -2.34. The summed E-state index contributed by atoms with van der Waals surface area (Å²) >= 11 is 0. The number of methoxy groups -OCH3 is 1. The molecule has 18 heavy (non-hydrogen) atoms. The molecule has 1 aliphatic rings. The number of nitrogens with zero attached hydrogens (tertiary/aromatic N) is 1. The third kappa shape index (κ3) is 3.11. The Morgan fingerprint density at radius 2 is 2.22 bits per heavy atom. The Labute approximate surface area is 106 Å². The quantitative estimate of drug-likeness (QED) is 0.271. The van der Waals surface area contributed by atoms with Crippen molar-refractivity contribution in [2.45, 2.75) is 25.9 Å². The molecule has 0 aromatic carbocycles. The number of hydrogen-bond acceptors (Lipinski definition) is 5. The second-order valence-electron chi connectivity index (χ2n) is 4.44. The van der Waals surface area contributed by atoms with Gasteiger partial charge in [0.1, 0.15) is 5.41 Å². The van der Waals surface area contributed by atoms with Crippen molar-refractivity contribution in [3.8, 4) is 0 Å². The van der Waals surface area contributed by atoms with Gasteiger partial charge >= 0.3 is 0 Å². The lowest BCUT2D eigenvalue weighted by molar-refractivity contribution is -0.132. The minimum atomic E-state index is -0.972. The Morgan fingerprint density at radius 3 is 2.72 bits per heavy atom. The zero-order valence-electron chi connectivity index (χ0n) is 10.8. The number of rotatable bonds is 5. The molecule has 7 nitrogen and oxygen atoms in total. The standard InChI is InChI=1S/C11H21N3O4/c1-8(17-2)7-13-10(15)11(9(12)14-16)3-5-18-6-4-11/h8,16H,3-7H2,1-2H3,(H2,12,14)(H,13,15). The topological polar surface area (TPSA) is 106 Å². The lowest BCUT2D eigenvalue weighted by atomic mass is 9.78. The molecule has 1 aliphatic heterocycles. The first-order valence-electron chi connectivity index (χ1n) is 5.93. The minimum absolute atomic E-state index is 0.0617. The summed E-state index contributed by atoms with van der Waals surface area (Å²) in [4.78, 5) is 12.2. The van der Waals surface area contributed by atoms with E-state index in [9.17, 15) is 4.79 Å². The fourth-order valence-electron chi connectivity index (χ4n) is 1.90. The SMILES string of the molecule is COC(C)CNC(=O)C1(C(N)=NO)CCOCC1. The number of ether oxygens (including phenoxy) is 2. The van der Waals surface area contributed by atoms with Gasteiger partial charge in [-0.2, -0.15) is 0 Å². The smallest absolute Gasteiger partial charge is 0.234 e. The summed E-state index contributed by atoms with van der Waals surface area (Å²) in [6.07, 6.45) is 0.741. The summed E-state index contributed by atoms with van der Waals surface area (Å²) in [5.41, 5.74) is 4.70. The van der Waals surface area contributed by atoms with Crippen molar-refractivity contribution < 1.29 is 19.5 Å². The number of nitrogens with one attached hydrogen (secondary N) is 1. The molecule has 0 bridgehead atoms. The summed E-state index contributed by atoms with van der Waals surface area (Å²) in [6, 6.07) is 0. The van der Waals surface area contributed by atoms with E-state index in [0.29, 0.717) is 32.6 Å². The Morgan fingerprint density at radius 1 is 1.61 bits per heavy atom. The van der Waals surface area contributed by atoms with Crippen LogP contribution in [0.4, 0.5) is 0 Å². The van der Waals surface area contributed by atoms with E-state index in [1.807, 2.05) is 6.92 Å². The van der Waals surface area contributed by atoms with E-state index < -0.39 is 5.41 Å². The molecular weight excluding hydrogens is 238 g/mol. The first-order chi connectivity index (χ1) is 8.56. The van der Waals surface area contributed by atoms with E-state index in [2.05, 4.69) is 10.5 Å². The maximum Gasteiger partial charge on any atom is 0.234 e. The van der Waals surface area contributed by atoms with Crippen molar-refractivity contribution in [2.24, 2.45) is 16.3 Å². The largest absolute Gasteiger partial charge is 0.409 e. The average molecular weight is 259 g/mol. The van der Waals surface area contributed by atoms with Crippen LogP contribution in [0, 0.1) is 5.41 Å². The van der Waals surface area contributed by atoms with Crippen LogP contribution in [0.2, 0.25) is 0 Å². The van der Waals surface area contributed by atoms with E-state index in [0.717, 1.165) is 0 Å². The molecular formula is C11H21N3O4. The van der Waals surface area contributed by atoms with Crippen molar-refractivity contribution in [3.05, 3.63) is 0 Å². The second kappa shape index (κ2) is 6.55. The van der Waals surface area contributed by atoms with Crippen LogP contribution in [0.1, 0.15) is 19.8 Å². The lowest BCUT2D eigenvalue weighted by Crippen LogP contribution is -2.53. The number of carbonyl (C=O) groups excluding carboxylic acids is 1. The normalized spacial score (nSPS) is 21.3. The van der Waals surface area contributed by atoms with Crippen LogP contribution in [0.25, 0.3) is 0 Å². The first-order valence-corrected chi connectivity index (χ1v) is 5.93. The average Bonchev–Trinajstić information content (AvgIpc) is 2.43. The summed E-state index contributed by atoms with van der Waals surface area (Å²) < 4.78 is 10.3. The number of nitrogens with two attached hydrogens (primary N) is 1. The monoisotopic (exact) mass is 259 g/mol. The fraction of sp³-hybridized carbons (Fsp3) is 0.818. The summed E-state index contributed by atoms with van der Waals surface area (Å²) in [5, 5.41) is 14.6. The van der Waals surface area contributed by atoms with Crippen molar-refractivity contribution in [1.82, 2.24) is 5.32 Å². The first kappa shape index (κ1) is 14.7. The van der Waals surface area contributed by atoms with Crippen LogP contribution in [0.15, 0.2) is 5.16 Å². The molecule has 1 atom stereocenters. The van der Waals surface area contributed by atoms with E-state index >= 15 is 0 Å². The van der Waals surface area contributed by atoms with Crippen LogP contribution < -0.4 is 11.1 Å². The summed E-state index contributed by atoms with van der Waals surface area (Å²) in [5.74, 6) is -0.307. The van der Waals surface area contributed by atoms with Gasteiger partial charge in [-0.3, -0.25) is 4.79 Å². The van der Waals surface area contributed by atoms with Gasteiger partial charge in [0.15, 0.2) is 5.84 Å². The molecule has 1 rings (SSSR count).